The van der Waals surface area contributed by atoms with Gasteiger partial charge in [0.1, 0.15) is 6.29 Å². The lowest BCUT2D eigenvalue weighted by atomic mass is 9.88. The van der Waals surface area contributed by atoms with Crippen LogP contribution in [0, 0.1) is 5.92 Å². The Morgan fingerprint density at radius 1 is 1.07 bits per heavy atom. The van der Waals surface area contributed by atoms with Gasteiger partial charge in [-0.2, -0.15) is 0 Å². The van der Waals surface area contributed by atoms with Crippen LogP contribution in [0.15, 0.2) is 42.6 Å². The fourth-order valence-electron chi connectivity index (χ4n) is 5.94. The van der Waals surface area contributed by atoms with Crippen molar-refractivity contribution in [3.05, 3.63) is 63.8 Å². The van der Waals surface area contributed by atoms with Crippen molar-refractivity contribution < 1.29 is 23.9 Å². The first kappa shape index (κ1) is 29.6. The quantitative estimate of drug-likeness (QED) is 0.320. The van der Waals surface area contributed by atoms with Gasteiger partial charge in [-0.05, 0) is 55.9 Å². The first-order chi connectivity index (χ1) is 19.8. The number of likely N-dealkylation sites (tertiary alicyclic amines) is 1. The Morgan fingerprint density at radius 3 is 2.56 bits per heavy atom. The maximum absolute atomic E-state index is 13.5. The van der Waals surface area contributed by atoms with E-state index in [2.05, 4.69) is 5.32 Å². The van der Waals surface area contributed by atoms with Crippen LogP contribution in [0.1, 0.15) is 48.0 Å². The van der Waals surface area contributed by atoms with Crippen LogP contribution in [0.3, 0.4) is 0 Å². The van der Waals surface area contributed by atoms with Gasteiger partial charge in [0.05, 0.1) is 47.6 Å². The minimum Gasteiger partial charge on any atom is -0.380 e. The Labute approximate surface area is 249 Å². The van der Waals surface area contributed by atoms with Crippen molar-refractivity contribution in [3.63, 3.8) is 0 Å². The number of halogens is 2. The van der Waals surface area contributed by atoms with E-state index in [9.17, 15) is 14.4 Å². The lowest BCUT2D eigenvalue weighted by Crippen LogP contribution is -2.40. The molecule has 8 nitrogen and oxygen atoms in total. The Morgan fingerprint density at radius 2 is 1.83 bits per heavy atom. The largest absolute Gasteiger partial charge is 0.380 e. The summed E-state index contributed by atoms with van der Waals surface area (Å²) < 4.78 is 13.7. The molecule has 2 amide bonds. The maximum atomic E-state index is 13.5. The molecule has 1 N–H and O–H groups in total. The molecule has 218 valence electrons. The maximum Gasteiger partial charge on any atom is 0.257 e. The summed E-state index contributed by atoms with van der Waals surface area (Å²) in [5.41, 5.74) is 2.43. The number of benzene rings is 2. The molecule has 0 spiro atoms. The van der Waals surface area contributed by atoms with E-state index in [0.717, 1.165) is 42.9 Å². The Hall–Kier alpha value is -2.91. The zero-order valence-corrected chi connectivity index (χ0v) is 24.8. The van der Waals surface area contributed by atoms with Crippen LogP contribution in [0.5, 0.6) is 0 Å². The third kappa shape index (κ3) is 6.61. The number of methoxy groups -OCH3 is 1. The third-order valence-electron chi connectivity index (χ3n) is 8.33. The van der Waals surface area contributed by atoms with E-state index in [-0.39, 0.29) is 42.4 Å². The van der Waals surface area contributed by atoms with Gasteiger partial charge in [0.25, 0.3) is 5.91 Å². The predicted octanol–water partition coefficient (Wildman–Crippen LogP) is 5.67. The summed E-state index contributed by atoms with van der Waals surface area (Å²) in [6.07, 6.45) is 7.03. The van der Waals surface area contributed by atoms with Gasteiger partial charge in [-0.3, -0.25) is 9.59 Å². The second-order valence-electron chi connectivity index (χ2n) is 11.0. The SMILES string of the molecule is CO[C@H]1C[C@@H](CO[C@H]2CC[C@H](C=O)CC2)N(C(=O)Cc2cc(Cl)c(NC(=O)c3cn(C)c4ccccc34)cc2Cl)C1. The highest BCUT2D eigenvalue weighted by atomic mass is 35.5. The molecule has 41 heavy (non-hydrogen) atoms. The average Bonchev–Trinajstić information content (AvgIpc) is 3.56. The highest BCUT2D eigenvalue weighted by Gasteiger charge is 2.36. The summed E-state index contributed by atoms with van der Waals surface area (Å²) in [6.45, 7) is 0.904. The Bertz CT molecular complexity index is 1430. The molecule has 0 radical (unpaired) electrons. The summed E-state index contributed by atoms with van der Waals surface area (Å²) >= 11 is 13.2. The minimum absolute atomic E-state index is 0.0630. The van der Waals surface area contributed by atoms with Crippen LogP contribution >= 0.6 is 23.2 Å². The van der Waals surface area contributed by atoms with E-state index in [1.165, 1.54) is 0 Å². The molecule has 5 rings (SSSR count). The summed E-state index contributed by atoms with van der Waals surface area (Å²) in [5, 5.41) is 4.35. The molecule has 2 atom stereocenters. The smallest absolute Gasteiger partial charge is 0.257 e. The van der Waals surface area contributed by atoms with E-state index >= 15 is 0 Å². The number of carbonyl (C=O) groups excluding carboxylic acids is 3. The number of nitrogens with zero attached hydrogens (tertiary/aromatic N) is 2. The molecule has 2 heterocycles. The Balaban J connectivity index is 1.24. The van der Waals surface area contributed by atoms with Gasteiger partial charge in [-0.25, -0.2) is 0 Å². The number of fused-ring (bicyclic) bond motifs is 1. The molecule has 1 aliphatic heterocycles. The number of aromatic nitrogens is 1. The normalized spacial score (nSPS) is 22.7. The molecule has 3 aromatic rings. The van der Waals surface area contributed by atoms with E-state index in [1.54, 1.807) is 25.4 Å². The second kappa shape index (κ2) is 12.9. The topological polar surface area (TPSA) is 89.9 Å². The van der Waals surface area contributed by atoms with Crippen LogP contribution in [-0.4, -0.2) is 66.1 Å². The van der Waals surface area contributed by atoms with Crippen LogP contribution in [0.25, 0.3) is 10.9 Å². The molecule has 0 bridgehead atoms. The van der Waals surface area contributed by atoms with Gasteiger partial charge in [0.15, 0.2) is 0 Å². The van der Waals surface area contributed by atoms with Crippen LogP contribution in [0.4, 0.5) is 5.69 Å². The number of rotatable bonds is 9. The number of amides is 2. The summed E-state index contributed by atoms with van der Waals surface area (Å²) in [6, 6.07) is 10.8. The van der Waals surface area contributed by atoms with E-state index < -0.39 is 0 Å². The summed E-state index contributed by atoms with van der Waals surface area (Å²) in [5.74, 6) is -0.256. The minimum atomic E-state index is -0.297. The third-order valence-corrected chi connectivity index (χ3v) is 9.00. The summed E-state index contributed by atoms with van der Waals surface area (Å²) in [7, 11) is 3.54. The monoisotopic (exact) mass is 599 g/mol. The zero-order chi connectivity index (χ0) is 29.1. The van der Waals surface area contributed by atoms with Crippen molar-refractivity contribution in [2.75, 3.05) is 25.6 Å². The number of hydrogen-bond donors (Lipinski definition) is 1. The number of ether oxygens (including phenoxy) is 2. The zero-order valence-electron chi connectivity index (χ0n) is 23.3. The molecular weight excluding hydrogens is 565 g/mol. The molecule has 2 aliphatic rings. The number of nitrogens with one attached hydrogen (secondary N) is 1. The number of aldehydes is 1. The van der Waals surface area contributed by atoms with Gasteiger partial charge in [0, 0.05) is 48.7 Å². The molecule has 1 saturated heterocycles. The first-order valence-corrected chi connectivity index (χ1v) is 14.8. The van der Waals surface area contributed by atoms with Crippen LogP contribution in [-0.2, 0) is 32.5 Å². The lowest BCUT2D eigenvalue weighted by molar-refractivity contribution is -0.133. The van der Waals surface area contributed by atoms with Crippen molar-refractivity contribution in [2.45, 2.75) is 56.8 Å². The molecule has 2 aromatic carbocycles. The molecule has 0 unspecified atom stereocenters. The fraction of sp³-hybridized carbons (Fsp3) is 0.452. The number of anilines is 1. The predicted molar refractivity (Wildman–Crippen MR) is 160 cm³/mol. The Kier molecular flexibility index (Phi) is 9.34. The van der Waals surface area contributed by atoms with E-state index in [1.807, 2.05) is 40.8 Å². The number of carbonyl (C=O) groups is 3. The van der Waals surface area contributed by atoms with Crippen molar-refractivity contribution in [1.82, 2.24) is 9.47 Å². The number of aryl methyl sites for hydroxylation is 1. The van der Waals surface area contributed by atoms with E-state index in [4.69, 9.17) is 32.7 Å². The first-order valence-electron chi connectivity index (χ1n) is 14.0. The van der Waals surface area contributed by atoms with Gasteiger partial charge in [-0.15, -0.1) is 0 Å². The highest BCUT2D eigenvalue weighted by molar-refractivity contribution is 6.36. The molecule has 1 saturated carbocycles. The standard InChI is InChI=1S/C31H35Cl2N3O5/c1-35-16-25(24-5-3-4-6-29(24)35)31(39)34-28-14-26(32)20(11-27(28)33)12-30(38)36-15-23(40-2)13-21(36)18-41-22-9-7-19(17-37)8-10-22/h3-6,11,14,16-17,19,21-23H,7-10,12-13,15,18H2,1-2H3,(H,34,39)/t19-,21-,22-,23-/m0/s1. The van der Waals surface area contributed by atoms with Crippen LogP contribution in [0.2, 0.25) is 10.0 Å². The average molecular weight is 601 g/mol. The second-order valence-corrected chi connectivity index (χ2v) is 11.8. The molecular formula is C31H35Cl2N3O5. The lowest BCUT2D eigenvalue weighted by Gasteiger charge is -2.29. The summed E-state index contributed by atoms with van der Waals surface area (Å²) in [4.78, 5) is 39.4. The van der Waals surface area contributed by atoms with Gasteiger partial charge in [-0.1, -0.05) is 41.4 Å². The molecule has 1 aliphatic carbocycles. The number of hydrogen-bond acceptors (Lipinski definition) is 5. The highest BCUT2D eigenvalue weighted by Crippen LogP contribution is 2.32. The molecule has 10 heteroatoms. The van der Waals surface area contributed by atoms with Crippen LogP contribution < -0.4 is 5.32 Å². The van der Waals surface area contributed by atoms with E-state index in [0.29, 0.717) is 46.4 Å². The fourth-order valence-corrected chi connectivity index (χ4v) is 6.41. The van der Waals surface area contributed by atoms with Crippen molar-refractivity contribution in [2.24, 2.45) is 13.0 Å². The number of para-hydroxylation sites is 1. The van der Waals surface area contributed by atoms with Gasteiger partial charge in [0.2, 0.25) is 5.91 Å². The molecule has 1 aromatic heterocycles. The van der Waals surface area contributed by atoms with Crippen molar-refractivity contribution in [1.29, 1.82) is 0 Å². The van der Waals surface area contributed by atoms with Gasteiger partial charge < -0.3 is 29.1 Å². The van der Waals surface area contributed by atoms with Gasteiger partial charge >= 0.3 is 0 Å². The molecule has 2 fully saturated rings. The van der Waals surface area contributed by atoms with Crippen molar-refractivity contribution in [3.8, 4) is 0 Å². The van der Waals surface area contributed by atoms with Crippen molar-refractivity contribution >= 4 is 57.9 Å².